The molecule has 3 rings (SSSR count). The number of carbonyl (C=O) groups is 1. The molecule has 0 bridgehead atoms. The van der Waals surface area contributed by atoms with Crippen LogP contribution in [0.3, 0.4) is 0 Å². The molecule has 0 atom stereocenters. The Balaban J connectivity index is 0.00000341. The summed E-state index contributed by atoms with van der Waals surface area (Å²) >= 11 is 0. The average Bonchev–Trinajstić information content (AvgIpc) is 2.78. The molecular formula is C22H24F3IN4O. The lowest BCUT2D eigenvalue weighted by Crippen LogP contribution is -2.44. The molecule has 0 fully saturated rings. The highest BCUT2D eigenvalue weighted by Gasteiger charge is 2.18. The molecule has 2 aromatic rings. The van der Waals surface area contributed by atoms with Crippen molar-refractivity contribution in [2.45, 2.75) is 13.3 Å². The minimum Gasteiger partial charge on any atom is -0.356 e. The Bertz CT molecular complexity index is 967. The summed E-state index contributed by atoms with van der Waals surface area (Å²) in [7, 11) is 0. The Kier molecular flexibility index (Phi) is 9.35. The number of amides is 1. The molecular weight excluding hydrogens is 520 g/mol. The zero-order valence-corrected chi connectivity index (χ0v) is 19.3. The first-order valence-electron chi connectivity index (χ1n) is 9.70. The predicted molar refractivity (Wildman–Crippen MR) is 127 cm³/mol. The van der Waals surface area contributed by atoms with Gasteiger partial charge in [-0.15, -0.1) is 24.0 Å². The van der Waals surface area contributed by atoms with Gasteiger partial charge in [-0.05, 0) is 36.6 Å². The number of aliphatic imine (C=N–C) groups is 1. The monoisotopic (exact) mass is 544 g/mol. The van der Waals surface area contributed by atoms with Gasteiger partial charge < -0.3 is 15.5 Å². The smallest absolute Gasteiger partial charge is 0.246 e. The maximum atomic E-state index is 13.7. The highest BCUT2D eigenvalue weighted by atomic mass is 127. The van der Waals surface area contributed by atoms with Crippen LogP contribution in [-0.4, -0.2) is 42.9 Å². The summed E-state index contributed by atoms with van der Waals surface area (Å²) < 4.78 is 40.0. The maximum absolute atomic E-state index is 13.7. The third-order valence-electron chi connectivity index (χ3n) is 4.67. The van der Waals surface area contributed by atoms with Crippen LogP contribution in [0.1, 0.15) is 18.9 Å². The fraction of sp³-hybridized carbons (Fsp3) is 0.273. The summed E-state index contributed by atoms with van der Waals surface area (Å²) in [6, 6.07) is 11.9. The van der Waals surface area contributed by atoms with Crippen LogP contribution in [-0.2, 0) is 4.79 Å². The van der Waals surface area contributed by atoms with Crippen LogP contribution in [0.5, 0.6) is 0 Å². The van der Waals surface area contributed by atoms with Gasteiger partial charge in [0.05, 0.1) is 5.69 Å². The molecule has 0 spiro atoms. The summed E-state index contributed by atoms with van der Waals surface area (Å²) in [5, 5.41) is 5.36. The number of halogens is 4. The van der Waals surface area contributed by atoms with Crippen LogP contribution >= 0.6 is 24.0 Å². The molecule has 1 heterocycles. The van der Waals surface area contributed by atoms with Crippen molar-refractivity contribution in [1.82, 2.24) is 10.2 Å². The van der Waals surface area contributed by atoms with Crippen LogP contribution in [0.25, 0.3) is 5.57 Å². The Morgan fingerprint density at radius 3 is 2.48 bits per heavy atom. The first kappa shape index (κ1) is 24.7. The van der Waals surface area contributed by atoms with Gasteiger partial charge >= 0.3 is 0 Å². The fourth-order valence-electron chi connectivity index (χ4n) is 3.16. The van der Waals surface area contributed by atoms with E-state index in [2.05, 4.69) is 33.8 Å². The van der Waals surface area contributed by atoms with Crippen molar-refractivity contribution < 1.29 is 18.0 Å². The standard InChI is InChI=1S/C22H23F3N4O.HI/c1-2-26-22(29-12-10-16(11-13-29)15-6-4-3-5-7-15)27-14-19(30)28-18-9-8-17(23)20(24)21(18)25;/h3-10H,2,11-14H2,1H3,(H,26,27)(H,28,30);1H. The summed E-state index contributed by atoms with van der Waals surface area (Å²) in [6.45, 7) is 3.61. The molecule has 0 aliphatic carbocycles. The average molecular weight is 544 g/mol. The number of nitrogens with zero attached hydrogens (tertiary/aromatic N) is 2. The van der Waals surface area contributed by atoms with E-state index in [-0.39, 0.29) is 30.5 Å². The SMILES string of the molecule is CCNC(=NCC(=O)Nc1ccc(F)c(F)c1F)N1CC=C(c2ccccc2)CC1.I. The number of rotatable bonds is 5. The lowest BCUT2D eigenvalue weighted by atomic mass is 10.00. The van der Waals surface area contributed by atoms with Crippen LogP contribution in [0, 0.1) is 17.5 Å². The van der Waals surface area contributed by atoms with Crippen molar-refractivity contribution in [2.75, 3.05) is 31.5 Å². The van der Waals surface area contributed by atoms with E-state index in [0.29, 0.717) is 19.0 Å². The van der Waals surface area contributed by atoms with Gasteiger partial charge in [0.1, 0.15) is 6.54 Å². The lowest BCUT2D eigenvalue weighted by Gasteiger charge is -2.29. The number of carbonyl (C=O) groups excluding carboxylic acids is 1. The molecule has 1 aliphatic rings. The van der Waals surface area contributed by atoms with Gasteiger partial charge in [0.25, 0.3) is 0 Å². The van der Waals surface area contributed by atoms with E-state index < -0.39 is 29.0 Å². The Morgan fingerprint density at radius 2 is 1.84 bits per heavy atom. The van der Waals surface area contributed by atoms with Crippen LogP contribution in [0.2, 0.25) is 0 Å². The van der Waals surface area contributed by atoms with Gasteiger partial charge in [-0.3, -0.25) is 4.79 Å². The quantitative estimate of drug-likeness (QED) is 0.254. The zero-order valence-electron chi connectivity index (χ0n) is 17.0. The molecule has 9 heteroatoms. The number of benzene rings is 2. The molecule has 5 nitrogen and oxygen atoms in total. The summed E-state index contributed by atoms with van der Waals surface area (Å²) in [4.78, 5) is 18.4. The largest absolute Gasteiger partial charge is 0.356 e. The van der Waals surface area contributed by atoms with Crippen molar-refractivity contribution in [2.24, 2.45) is 4.99 Å². The van der Waals surface area contributed by atoms with Crippen molar-refractivity contribution in [3.05, 3.63) is 71.6 Å². The summed E-state index contributed by atoms with van der Waals surface area (Å²) in [5.41, 5.74) is 2.02. The Hall–Kier alpha value is -2.56. The highest BCUT2D eigenvalue weighted by Crippen LogP contribution is 2.22. The van der Waals surface area contributed by atoms with Gasteiger partial charge in [-0.1, -0.05) is 36.4 Å². The highest BCUT2D eigenvalue weighted by molar-refractivity contribution is 14.0. The van der Waals surface area contributed by atoms with E-state index in [0.717, 1.165) is 25.1 Å². The molecule has 1 amide bonds. The van der Waals surface area contributed by atoms with Gasteiger partial charge in [-0.2, -0.15) is 0 Å². The lowest BCUT2D eigenvalue weighted by molar-refractivity contribution is -0.114. The number of hydrogen-bond donors (Lipinski definition) is 2. The molecule has 0 radical (unpaired) electrons. The van der Waals surface area contributed by atoms with E-state index >= 15 is 0 Å². The Morgan fingerprint density at radius 1 is 1.10 bits per heavy atom. The first-order chi connectivity index (χ1) is 14.5. The number of guanidine groups is 1. The van der Waals surface area contributed by atoms with Crippen LogP contribution in [0.15, 0.2) is 53.5 Å². The van der Waals surface area contributed by atoms with Crippen molar-refractivity contribution in [3.63, 3.8) is 0 Å². The molecule has 166 valence electrons. The van der Waals surface area contributed by atoms with Crippen molar-refractivity contribution in [1.29, 1.82) is 0 Å². The second kappa shape index (κ2) is 11.7. The van der Waals surface area contributed by atoms with E-state index in [1.165, 1.54) is 11.1 Å². The van der Waals surface area contributed by atoms with Crippen LogP contribution < -0.4 is 10.6 Å². The zero-order chi connectivity index (χ0) is 21.5. The van der Waals surface area contributed by atoms with Crippen molar-refractivity contribution >= 4 is 47.1 Å². The second-order valence-corrected chi connectivity index (χ2v) is 6.73. The van der Waals surface area contributed by atoms with Crippen LogP contribution in [0.4, 0.5) is 18.9 Å². The Labute approximate surface area is 196 Å². The first-order valence-corrected chi connectivity index (χ1v) is 9.70. The summed E-state index contributed by atoms with van der Waals surface area (Å²) in [6.07, 6.45) is 2.96. The fourth-order valence-corrected chi connectivity index (χ4v) is 3.16. The van der Waals surface area contributed by atoms with E-state index in [1.807, 2.05) is 30.0 Å². The van der Waals surface area contributed by atoms with E-state index in [1.54, 1.807) is 0 Å². The van der Waals surface area contributed by atoms with Gasteiger partial charge in [0.15, 0.2) is 23.4 Å². The molecule has 2 N–H and O–H groups in total. The van der Waals surface area contributed by atoms with Gasteiger partial charge in [-0.25, -0.2) is 18.2 Å². The molecule has 31 heavy (non-hydrogen) atoms. The molecule has 2 aromatic carbocycles. The molecule has 1 aliphatic heterocycles. The minimum absolute atomic E-state index is 0. The number of anilines is 1. The summed E-state index contributed by atoms with van der Waals surface area (Å²) in [5.74, 6) is -4.45. The molecule has 0 saturated carbocycles. The topological polar surface area (TPSA) is 56.7 Å². The number of nitrogens with one attached hydrogen (secondary N) is 2. The number of hydrogen-bond acceptors (Lipinski definition) is 2. The van der Waals surface area contributed by atoms with E-state index in [9.17, 15) is 18.0 Å². The van der Waals surface area contributed by atoms with E-state index in [4.69, 9.17) is 0 Å². The third kappa shape index (κ3) is 6.46. The predicted octanol–water partition coefficient (Wildman–Crippen LogP) is 4.42. The normalized spacial score (nSPS) is 13.9. The third-order valence-corrected chi connectivity index (χ3v) is 4.67. The molecule has 0 unspecified atom stereocenters. The maximum Gasteiger partial charge on any atom is 0.246 e. The second-order valence-electron chi connectivity index (χ2n) is 6.73. The van der Waals surface area contributed by atoms with Gasteiger partial charge in [0.2, 0.25) is 5.91 Å². The van der Waals surface area contributed by atoms with Crippen molar-refractivity contribution in [3.8, 4) is 0 Å². The minimum atomic E-state index is -1.63. The van der Waals surface area contributed by atoms with Gasteiger partial charge in [0, 0.05) is 19.6 Å². The molecule has 0 aromatic heterocycles. The molecule has 0 saturated heterocycles.